The molecule has 0 radical (unpaired) electrons. The van der Waals surface area contributed by atoms with Gasteiger partial charge in [-0.15, -0.1) is 11.3 Å². The normalized spacial score (nSPS) is 15.5. The van der Waals surface area contributed by atoms with E-state index in [2.05, 4.69) is 34.5 Å². The Balaban J connectivity index is 1.44. The Bertz CT molecular complexity index is 601. The summed E-state index contributed by atoms with van der Waals surface area (Å²) in [5.41, 5.74) is 2.52. The quantitative estimate of drug-likeness (QED) is 0.879. The molecule has 1 aromatic carbocycles. The van der Waals surface area contributed by atoms with Crippen molar-refractivity contribution in [3.63, 3.8) is 0 Å². The lowest BCUT2D eigenvalue weighted by molar-refractivity contribution is -0.120. The minimum Gasteiger partial charge on any atom is -0.352 e. The van der Waals surface area contributed by atoms with Crippen LogP contribution in [-0.4, -0.2) is 23.9 Å². The summed E-state index contributed by atoms with van der Waals surface area (Å²) in [6.07, 6.45) is 4.51. The monoisotopic (exact) mass is 328 g/mol. The highest BCUT2D eigenvalue weighted by molar-refractivity contribution is 7.10. The molecule has 0 bridgehead atoms. The molecule has 3 nitrogen and oxygen atoms in total. The molecule has 2 aromatic rings. The van der Waals surface area contributed by atoms with Gasteiger partial charge in [-0.2, -0.15) is 0 Å². The van der Waals surface area contributed by atoms with Gasteiger partial charge in [0.25, 0.3) is 0 Å². The molecule has 0 saturated carbocycles. The first-order valence-electron chi connectivity index (χ1n) is 8.39. The Hall–Kier alpha value is -1.65. The maximum absolute atomic E-state index is 11.9. The molecule has 1 aromatic heterocycles. The molecule has 1 amide bonds. The standard InChI is InChI=1S/C19H24N2OS/c22-19(13-18-5-4-12-23-18)20-14-16-6-8-17(9-7-16)15-21-10-2-1-3-11-21/h4-9,12H,1-3,10-11,13-15H2,(H,20,22). The van der Waals surface area contributed by atoms with Gasteiger partial charge in [-0.05, 0) is 48.5 Å². The van der Waals surface area contributed by atoms with Gasteiger partial charge in [0, 0.05) is 18.0 Å². The van der Waals surface area contributed by atoms with Gasteiger partial charge in [-0.25, -0.2) is 0 Å². The van der Waals surface area contributed by atoms with Gasteiger partial charge in [0.1, 0.15) is 0 Å². The Labute approximate surface area is 142 Å². The van der Waals surface area contributed by atoms with Crippen molar-refractivity contribution in [3.05, 3.63) is 57.8 Å². The van der Waals surface area contributed by atoms with Crippen LogP contribution in [0.4, 0.5) is 0 Å². The number of likely N-dealkylation sites (tertiary alicyclic amines) is 1. The number of nitrogens with one attached hydrogen (secondary N) is 1. The summed E-state index contributed by atoms with van der Waals surface area (Å²) in [5, 5.41) is 5.00. The fourth-order valence-electron chi connectivity index (χ4n) is 2.97. The third-order valence-corrected chi connectivity index (χ3v) is 5.16. The Kier molecular flexibility index (Phi) is 5.83. The summed E-state index contributed by atoms with van der Waals surface area (Å²) >= 11 is 1.63. The summed E-state index contributed by atoms with van der Waals surface area (Å²) in [5.74, 6) is 0.0878. The molecule has 23 heavy (non-hydrogen) atoms. The average Bonchev–Trinajstić information content (AvgIpc) is 3.08. The molecule has 122 valence electrons. The molecule has 0 aliphatic carbocycles. The number of amides is 1. The van der Waals surface area contributed by atoms with Crippen molar-refractivity contribution in [1.82, 2.24) is 10.2 Å². The number of nitrogens with zero attached hydrogens (tertiary/aromatic N) is 1. The van der Waals surface area contributed by atoms with Crippen molar-refractivity contribution < 1.29 is 4.79 Å². The molecule has 4 heteroatoms. The van der Waals surface area contributed by atoms with Gasteiger partial charge in [0.05, 0.1) is 6.42 Å². The van der Waals surface area contributed by atoms with Crippen molar-refractivity contribution in [2.75, 3.05) is 13.1 Å². The van der Waals surface area contributed by atoms with Crippen LogP contribution in [0.1, 0.15) is 35.3 Å². The van der Waals surface area contributed by atoms with E-state index in [0.717, 1.165) is 17.0 Å². The Morgan fingerprint density at radius 3 is 2.48 bits per heavy atom. The van der Waals surface area contributed by atoms with Crippen LogP contribution < -0.4 is 5.32 Å². The maximum atomic E-state index is 11.9. The number of carbonyl (C=O) groups excluding carboxylic acids is 1. The van der Waals surface area contributed by atoms with Crippen LogP contribution in [0.5, 0.6) is 0 Å². The lowest BCUT2D eigenvalue weighted by Gasteiger charge is -2.26. The van der Waals surface area contributed by atoms with Gasteiger partial charge in [-0.1, -0.05) is 36.8 Å². The van der Waals surface area contributed by atoms with Crippen molar-refractivity contribution in [1.29, 1.82) is 0 Å². The maximum Gasteiger partial charge on any atom is 0.225 e. The number of benzene rings is 1. The molecular formula is C19H24N2OS. The molecule has 1 saturated heterocycles. The van der Waals surface area contributed by atoms with E-state index in [-0.39, 0.29) is 5.91 Å². The van der Waals surface area contributed by atoms with Gasteiger partial charge in [0.15, 0.2) is 0 Å². The van der Waals surface area contributed by atoms with E-state index in [9.17, 15) is 4.79 Å². The van der Waals surface area contributed by atoms with Gasteiger partial charge in [0.2, 0.25) is 5.91 Å². The smallest absolute Gasteiger partial charge is 0.225 e. The lowest BCUT2D eigenvalue weighted by atomic mass is 10.1. The van der Waals surface area contributed by atoms with Crippen molar-refractivity contribution in [2.45, 2.75) is 38.8 Å². The van der Waals surface area contributed by atoms with Crippen LogP contribution in [0.2, 0.25) is 0 Å². The first-order chi connectivity index (χ1) is 11.3. The Morgan fingerprint density at radius 2 is 1.78 bits per heavy atom. The number of rotatable bonds is 6. The van der Waals surface area contributed by atoms with E-state index in [4.69, 9.17) is 0 Å². The van der Waals surface area contributed by atoms with Gasteiger partial charge in [-0.3, -0.25) is 9.69 Å². The predicted molar refractivity (Wildman–Crippen MR) is 95.4 cm³/mol. The minimum atomic E-state index is 0.0878. The molecule has 0 unspecified atom stereocenters. The second-order valence-corrected chi connectivity index (χ2v) is 7.22. The molecule has 3 rings (SSSR count). The highest BCUT2D eigenvalue weighted by atomic mass is 32.1. The second kappa shape index (κ2) is 8.27. The van der Waals surface area contributed by atoms with Crippen molar-refractivity contribution in [3.8, 4) is 0 Å². The second-order valence-electron chi connectivity index (χ2n) is 6.19. The summed E-state index contributed by atoms with van der Waals surface area (Å²) in [7, 11) is 0. The molecule has 1 fully saturated rings. The zero-order chi connectivity index (χ0) is 15.9. The van der Waals surface area contributed by atoms with Crippen LogP contribution in [0, 0.1) is 0 Å². The largest absolute Gasteiger partial charge is 0.352 e. The molecule has 1 aliphatic heterocycles. The fourth-order valence-corrected chi connectivity index (χ4v) is 3.68. The van der Waals surface area contributed by atoms with Crippen LogP contribution in [-0.2, 0) is 24.3 Å². The third-order valence-electron chi connectivity index (χ3n) is 4.28. The number of carbonyl (C=O) groups is 1. The van der Waals surface area contributed by atoms with Crippen LogP contribution in [0.3, 0.4) is 0 Å². The number of thiophene rings is 1. The van der Waals surface area contributed by atoms with Crippen molar-refractivity contribution in [2.24, 2.45) is 0 Å². The van der Waals surface area contributed by atoms with E-state index in [0.29, 0.717) is 13.0 Å². The molecule has 1 N–H and O–H groups in total. The minimum absolute atomic E-state index is 0.0878. The summed E-state index contributed by atoms with van der Waals surface area (Å²) in [6, 6.07) is 12.6. The first-order valence-corrected chi connectivity index (χ1v) is 9.27. The lowest BCUT2D eigenvalue weighted by Crippen LogP contribution is -2.29. The number of hydrogen-bond donors (Lipinski definition) is 1. The third kappa shape index (κ3) is 5.19. The SMILES string of the molecule is O=C(Cc1cccs1)NCc1ccc(CN2CCCCC2)cc1. The molecule has 0 atom stereocenters. The molecular weight excluding hydrogens is 304 g/mol. The Morgan fingerprint density at radius 1 is 1.04 bits per heavy atom. The van der Waals surface area contributed by atoms with Gasteiger partial charge >= 0.3 is 0 Å². The molecule has 2 heterocycles. The number of piperidine rings is 1. The molecule has 1 aliphatic rings. The predicted octanol–water partition coefficient (Wildman–Crippen LogP) is 3.59. The molecule has 0 spiro atoms. The van der Waals surface area contributed by atoms with E-state index in [1.165, 1.54) is 37.9 Å². The van der Waals surface area contributed by atoms with E-state index in [1.54, 1.807) is 11.3 Å². The first kappa shape index (κ1) is 16.2. The average molecular weight is 328 g/mol. The van der Waals surface area contributed by atoms with Crippen molar-refractivity contribution >= 4 is 17.2 Å². The van der Waals surface area contributed by atoms with Crippen LogP contribution in [0.15, 0.2) is 41.8 Å². The highest BCUT2D eigenvalue weighted by Gasteiger charge is 2.10. The summed E-state index contributed by atoms with van der Waals surface area (Å²) < 4.78 is 0. The fraction of sp³-hybridized carbons (Fsp3) is 0.421. The zero-order valence-corrected chi connectivity index (χ0v) is 14.3. The van der Waals surface area contributed by atoms with Gasteiger partial charge < -0.3 is 5.32 Å². The highest BCUT2D eigenvalue weighted by Crippen LogP contribution is 2.14. The van der Waals surface area contributed by atoms with Crippen LogP contribution in [0.25, 0.3) is 0 Å². The zero-order valence-electron chi connectivity index (χ0n) is 13.5. The summed E-state index contributed by atoms with van der Waals surface area (Å²) in [4.78, 5) is 15.5. The van der Waals surface area contributed by atoms with E-state index >= 15 is 0 Å². The van der Waals surface area contributed by atoms with E-state index in [1.807, 2.05) is 17.5 Å². The summed E-state index contributed by atoms with van der Waals surface area (Å²) in [6.45, 7) is 4.10. The van der Waals surface area contributed by atoms with E-state index < -0.39 is 0 Å². The number of hydrogen-bond acceptors (Lipinski definition) is 3. The van der Waals surface area contributed by atoms with Crippen LogP contribution >= 0.6 is 11.3 Å². The topological polar surface area (TPSA) is 32.3 Å².